The van der Waals surface area contributed by atoms with Gasteiger partial charge in [0.25, 0.3) is 5.91 Å². The van der Waals surface area contributed by atoms with Gasteiger partial charge >= 0.3 is 0 Å². The first-order chi connectivity index (χ1) is 8.33. The van der Waals surface area contributed by atoms with Crippen LogP contribution in [0.3, 0.4) is 0 Å². The molecule has 0 bridgehead atoms. The smallest absolute Gasteiger partial charge is 0.253 e. The number of carbonyl (C=O) groups excluding carboxylic acids is 1. The number of benzene rings is 1. The molecule has 4 nitrogen and oxygen atoms in total. The standard InChI is InChI=1S/C13H18N2O2.ClH/c1-14-7-8-15-13(16)12-11-5-3-2-4-10(11)6-9-17-12;/h2-5,12,14H,6-9H2,1H3,(H,15,16);1H. The van der Waals surface area contributed by atoms with Crippen molar-refractivity contribution in [3.8, 4) is 0 Å². The van der Waals surface area contributed by atoms with Crippen molar-refractivity contribution in [1.82, 2.24) is 10.6 Å². The van der Waals surface area contributed by atoms with Gasteiger partial charge in [-0.1, -0.05) is 24.3 Å². The number of hydrogen-bond acceptors (Lipinski definition) is 3. The Hall–Kier alpha value is -1.10. The zero-order chi connectivity index (χ0) is 12.1. The van der Waals surface area contributed by atoms with Crippen LogP contribution >= 0.6 is 12.4 Å². The Bertz CT molecular complexity index is 398. The fraction of sp³-hybridized carbons (Fsp3) is 0.462. The molecule has 0 fully saturated rings. The molecule has 1 unspecified atom stereocenters. The predicted molar refractivity (Wildman–Crippen MR) is 73.0 cm³/mol. The number of likely N-dealkylation sites (N-methyl/N-ethyl adjacent to an activating group) is 1. The van der Waals surface area contributed by atoms with E-state index < -0.39 is 6.10 Å². The zero-order valence-corrected chi connectivity index (χ0v) is 11.3. The summed E-state index contributed by atoms with van der Waals surface area (Å²) in [6.07, 6.45) is 0.438. The second-order valence-corrected chi connectivity index (χ2v) is 4.09. The van der Waals surface area contributed by atoms with Crippen molar-refractivity contribution in [2.75, 3.05) is 26.7 Å². The maximum atomic E-state index is 12.0. The van der Waals surface area contributed by atoms with Gasteiger partial charge in [0.15, 0.2) is 6.10 Å². The van der Waals surface area contributed by atoms with Gasteiger partial charge in [-0.05, 0) is 24.6 Å². The molecule has 100 valence electrons. The Morgan fingerprint density at radius 2 is 2.17 bits per heavy atom. The summed E-state index contributed by atoms with van der Waals surface area (Å²) in [5.74, 6) is -0.0487. The third-order valence-electron chi connectivity index (χ3n) is 2.91. The van der Waals surface area contributed by atoms with Gasteiger partial charge in [0.1, 0.15) is 0 Å². The molecule has 0 saturated heterocycles. The fourth-order valence-electron chi connectivity index (χ4n) is 2.01. The van der Waals surface area contributed by atoms with Crippen LogP contribution in [0.15, 0.2) is 24.3 Å². The minimum atomic E-state index is -0.447. The van der Waals surface area contributed by atoms with E-state index in [1.807, 2.05) is 25.2 Å². The highest BCUT2D eigenvalue weighted by Crippen LogP contribution is 2.26. The van der Waals surface area contributed by atoms with Crippen LogP contribution in [0.1, 0.15) is 17.2 Å². The van der Waals surface area contributed by atoms with Crippen LogP contribution in [-0.2, 0) is 16.0 Å². The zero-order valence-electron chi connectivity index (χ0n) is 10.4. The van der Waals surface area contributed by atoms with Gasteiger partial charge < -0.3 is 15.4 Å². The third kappa shape index (κ3) is 3.45. The lowest BCUT2D eigenvalue weighted by molar-refractivity contribution is -0.134. The number of fused-ring (bicyclic) bond motifs is 1. The molecule has 0 aliphatic carbocycles. The van der Waals surface area contributed by atoms with Crippen LogP contribution in [-0.4, -0.2) is 32.7 Å². The van der Waals surface area contributed by atoms with E-state index in [2.05, 4.69) is 16.7 Å². The molecule has 18 heavy (non-hydrogen) atoms. The Balaban J connectivity index is 0.00000162. The maximum absolute atomic E-state index is 12.0. The third-order valence-corrected chi connectivity index (χ3v) is 2.91. The first kappa shape index (κ1) is 15.0. The van der Waals surface area contributed by atoms with Crippen molar-refractivity contribution in [3.63, 3.8) is 0 Å². The Morgan fingerprint density at radius 3 is 2.94 bits per heavy atom. The quantitative estimate of drug-likeness (QED) is 0.805. The van der Waals surface area contributed by atoms with E-state index in [9.17, 15) is 4.79 Å². The van der Waals surface area contributed by atoms with Crippen LogP contribution < -0.4 is 10.6 Å². The normalized spacial score (nSPS) is 17.5. The number of amides is 1. The topological polar surface area (TPSA) is 50.4 Å². The van der Waals surface area contributed by atoms with Crippen LogP contribution in [0.25, 0.3) is 0 Å². The first-order valence-electron chi connectivity index (χ1n) is 5.94. The monoisotopic (exact) mass is 270 g/mol. The molecule has 1 amide bonds. The molecule has 0 aromatic heterocycles. The van der Waals surface area contributed by atoms with E-state index in [1.54, 1.807) is 0 Å². The molecular weight excluding hydrogens is 252 g/mol. The average Bonchev–Trinajstić information content (AvgIpc) is 2.38. The summed E-state index contributed by atoms with van der Waals surface area (Å²) in [5, 5.41) is 5.86. The van der Waals surface area contributed by atoms with Crippen molar-refractivity contribution >= 4 is 18.3 Å². The van der Waals surface area contributed by atoms with Crippen LogP contribution in [0, 0.1) is 0 Å². The Kier molecular flexibility index (Phi) is 6.12. The molecule has 1 aliphatic rings. The maximum Gasteiger partial charge on any atom is 0.253 e. The summed E-state index contributed by atoms with van der Waals surface area (Å²) < 4.78 is 5.56. The van der Waals surface area contributed by atoms with Gasteiger partial charge in [0.05, 0.1) is 6.61 Å². The van der Waals surface area contributed by atoms with E-state index >= 15 is 0 Å². The molecule has 1 aromatic carbocycles. The Morgan fingerprint density at radius 1 is 1.39 bits per heavy atom. The lowest BCUT2D eigenvalue weighted by atomic mass is 9.97. The van der Waals surface area contributed by atoms with Gasteiger partial charge in [-0.2, -0.15) is 0 Å². The first-order valence-corrected chi connectivity index (χ1v) is 5.94. The number of nitrogens with one attached hydrogen (secondary N) is 2. The van der Waals surface area contributed by atoms with E-state index in [-0.39, 0.29) is 18.3 Å². The number of ether oxygens (including phenoxy) is 1. The van der Waals surface area contributed by atoms with Gasteiger partial charge in [-0.15, -0.1) is 12.4 Å². The minimum Gasteiger partial charge on any atom is -0.363 e. The summed E-state index contributed by atoms with van der Waals surface area (Å²) in [6, 6.07) is 7.98. The molecule has 0 saturated carbocycles. The molecular formula is C13H19ClN2O2. The molecule has 1 heterocycles. The molecule has 2 rings (SSSR count). The van der Waals surface area contributed by atoms with Gasteiger partial charge in [0, 0.05) is 13.1 Å². The molecule has 0 spiro atoms. The number of hydrogen-bond donors (Lipinski definition) is 2. The largest absolute Gasteiger partial charge is 0.363 e. The predicted octanol–water partition coefficient (Wildman–Crippen LogP) is 1.06. The van der Waals surface area contributed by atoms with Crippen LogP contribution in [0.5, 0.6) is 0 Å². The summed E-state index contributed by atoms with van der Waals surface area (Å²) in [5.41, 5.74) is 2.22. The van der Waals surface area contributed by atoms with Crippen molar-refractivity contribution < 1.29 is 9.53 Å². The number of halogens is 1. The average molecular weight is 271 g/mol. The van der Waals surface area contributed by atoms with Crippen LogP contribution in [0.4, 0.5) is 0 Å². The highest BCUT2D eigenvalue weighted by Gasteiger charge is 2.26. The van der Waals surface area contributed by atoms with Crippen molar-refractivity contribution in [2.24, 2.45) is 0 Å². The second-order valence-electron chi connectivity index (χ2n) is 4.09. The summed E-state index contributed by atoms with van der Waals surface area (Å²) in [6.45, 7) is 2.00. The Labute approximate surface area is 114 Å². The highest BCUT2D eigenvalue weighted by molar-refractivity contribution is 5.85. The van der Waals surface area contributed by atoms with Gasteiger partial charge in [0.2, 0.25) is 0 Å². The van der Waals surface area contributed by atoms with E-state index in [4.69, 9.17) is 4.74 Å². The lowest BCUT2D eigenvalue weighted by Gasteiger charge is -2.25. The van der Waals surface area contributed by atoms with Crippen molar-refractivity contribution in [1.29, 1.82) is 0 Å². The molecule has 2 N–H and O–H groups in total. The lowest BCUT2D eigenvalue weighted by Crippen LogP contribution is -2.36. The summed E-state index contributed by atoms with van der Waals surface area (Å²) >= 11 is 0. The van der Waals surface area contributed by atoms with E-state index in [0.717, 1.165) is 18.5 Å². The second kappa shape index (κ2) is 7.36. The van der Waals surface area contributed by atoms with Crippen molar-refractivity contribution in [2.45, 2.75) is 12.5 Å². The molecule has 1 aliphatic heterocycles. The van der Waals surface area contributed by atoms with Gasteiger partial charge in [-0.3, -0.25) is 4.79 Å². The van der Waals surface area contributed by atoms with Crippen LogP contribution in [0.2, 0.25) is 0 Å². The van der Waals surface area contributed by atoms with E-state index in [1.165, 1.54) is 5.56 Å². The van der Waals surface area contributed by atoms with Gasteiger partial charge in [-0.25, -0.2) is 0 Å². The fourth-order valence-corrected chi connectivity index (χ4v) is 2.01. The highest BCUT2D eigenvalue weighted by atomic mass is 35.5. The molecule has 0 radical (unpaired) electrons. The number of carbonyl (C=O) groups is 1. The number of rotatable bonds is 4. The summed E-state index contributed by atoms with van der Waals surface area (Å²) in [7, 11) is 1.86. The van der Waals surface area contributed by atoms with E-state index in [0.29, 0.717) is 13.2 Å². The minimum absolute atomic E-state index is 0. The molecule has 5 heteroatoms. The van der Waals surface area contributed by atoms with Crippen molar-refractivity contribution in [3.05, 3.63) is 35.4 Å². The SMILES string of the molecule is CNCCNC(=O)C1OCCc2ccccc21.Cl. The molecule has 1 aromatic rings. The summed E-state index contributed by atoms with van der Waals surface area (Å²) in [4.78, 5) is 12.0. The molecule has 1 atom stereocenters.